The van der Waals surface area contributed by atoms with E-state index in [9.17, 15) is 15.3 Å². The van der Waals surface area contributed by atoms with Gasteiger partial charge in [-0.25, -0.2) is 0 Å². The summed E-state index contributed by atoms with van der Waals surface area (Å²) in [7, 11) is 0. The first-order valence-corrected chi connectivity index (χ1v) is 6.11. The van der Waals surface area contributed by atoms with Crippen molar-refractivity contribution in [1.82, 2.24) is 0 Å². The Kier molecular flexibility index (Phi) is 2.92. The molecule has 1 aliphatic rings. The quantitative estimate of drug-likeness (QED) is 0.700. The Bertz CT molecular complexity index is 427. The van der Waals surface area contributed by atoms with Crippen LogP contribution in [0.25, 0.3) is 0 Å². The van der Waals surface area contributed by atoms with E-state index in [4.69, 9.17) is 0 Å². The summed E-state index contributed by atoms with van der Waals surface area (Å²) in [6, 6.07) is 4.99. The molecule has 0 fully saturated rings. The molecule has 3 heteroatoms. The highest BCUT2D eigenvalue weighted by Gasteiger charge is 2.46. The number of phenolic OH excluding ortho intramolecular Hbond substituents is 1. The van der Waals surface area contributed by atoms with Crippen LogP contribution in [0.3, 0.4) is 0 Å². The summed E-state index contributed by atoms with van der Waals surface area (Å²) < 4.78 is 0. The third-order valence-electron chi connectivity index (χ3n) is 3.96. The molecule has 0 amide bonds. The van der Waals surface area contributed by atoms with E-state index in [-0.39, 0.29) is 17.6 Å². The van der Waals surface area contributed by atoms with Gasteiger partial charge in [-0.05, 0) is 41.5 Å². The maximum Gasteiger partial charge on any atom is 0.118 e. The first-order valence-electron chi connectivity index (χ1n) is 6.11. The molecule has 0 unspecified atom stereocenters. The van der Waals surface area contributed by atoms with Crippen LogP contribution in [0.5, 0.6) is 5.75 Å². The third kappa shape index (κ3) is 1.74. The molecule has 0 aromatic heterocycles. The van der Waals surface area contributed by atoms with E-state index in [1.165, 1.54) is 0 Å². The van der Waals surface area contributed by atoms with Gasteiger partial charge in [0.05, 0.1) is 6.10 Å². The molecule has 1 aromatic carbocycles. The van der Waals surface area contributed by atoms with E-state index in [0.29, 0.717) is 6.42 Å². The Morgan fingerprint density at radius 2 is 2.00 bits per heavy atom. The molecule has 2 rings (SSSR count). The summed E-state index contributed by atoms with van der Waals surface area (Å²) in [5.41, 5.74) is 0.471. The highest BCUT2D eigenvalue weighted by molar-refractivity contribution is 5.43. The molecule has 3 nitrogen and oxygen atoms in total. The first kappa shape index (κ1) is 12.4. The van der Waals surface area contributed by atoms with Gasteiger partial charge in [0.1, 0.15) is 11.4 Å². The molecule has 0 spiro atoms. The smallest absolute Gasteiger partial charge is 0.118 e. The lowest BCUT2D eigenvalue weighted by molar-refractivity contribution is -0.124. The van der Waals surface area contributed by atoms with Gasteiger partial charge >= 0.3 is 0 Å². The number of hydrogen-bond acceptors (Lipinski definition) is 3. The molecular weight excluding hydrogens is 216 g/mol. The highest BCUT2D eigenvalue weighted by Crippen LogP contribution is 2.46. The lowest BCUT2D eigenvalue weighted by atomic mass is 9.68. The number of rotatable bonds is 1. The second kappa shape index (κ2) is 4.00. The van der Waals surface area contributed by atoms with Gasteiger partial charge in [0, 0.05) is 0 Å². The second-order valence-electron chi connectivity index (χ2n) is 5.40. The van der Waals surface area contributed by atoms with Crippen molar-refractivity contribution in [3.8, 4) is 5.75 Å². The monoisotopic (exact) mass is 236 g/mol. The molecule has 0 saturated carbocycles. The number of benzene rings is 1. The highest BCUT2D eigenvalue weighted by atomic mass is 16.3. The molecular formula is C14H20O3. The Hall–Kier alpha value is -1.06. The van der Waals surface area contributed by atoms with Crippen molar-refractivity contribution in [3.05, 3.63) is 29.3 Å². The fourth-order valence-electron chi connectivity index (χ4n) is 2.84. The summed E-state index contributed by atoms with van der Waals surface area (Å²) in [5, 5.41) is 30.5. The van der Waals surface area contributed by atoms with Crippen LogP contribution in [0.4, 0.5) is 0 Å². The van der Waals surface area contributed by atoms with Crippen molar-refractivity contribution in [2.75, 3.05) is 0 Å². The van der Waals surface area contributed by atoms with Gasteiger partial charge in [0.15, 0.2) is 0 Å². The maximum atomic E-state index is 10.7. The van der Waals surface area contributed by atoms with Gasteiger partial charge in [-0.2, -0.15) is 0 Å². The molecule has 1 aromatic rings. The number of aliphatic hydroxyl groups is 2. The molecule has 3 atom stereocenters. The molecule has 0 saturated heterocycles. The summed E-state index contributed by atoms with van der Waals surface area (Å²) in [6.45, 7) is 5.80. The minimum atomic E-state index is -1.21. The molecule has 3 N–H and O–H groups in total. The van der Waals surface area contributed by atoms with Gasteiger partial charge < -0.3 is 15.3 Å². The minimum absolute atomic E-state index is 0.0757. The number of phenols is 1. The summed E-state index contributed by atoms with van der Waals surface area (Å²) in [5.74, 6) is 0.275. The Balaban J connectivity index is 2.62. The van der Waals surface area contributed by atoms with E-state index in [2.05, 4.69) is 0 Å². The lowest BCUT2D eigenvalue weighted by Gasteiger charge is -2.44. The Morgan fingerprint density at radius 1 is 1.35 bits per heavy atom. The van der Waals surface area contributed by atoms with E-state index < -0.39 is 11.7 Å². The lowest BCUT2D eigenvalue weighted by Crippen LogP contribution is -2.48. The van der Waals surface area contributed by atoms with Crippen LogP contribution in [-0.2, 0) is 5.60 Å². The van der Waals surface area contributed by atoms with Crippen LogP contribution in [0, 0.1) is 5.92 Å². The van der Waals surface area contributed by atoms with Crippen LogP contribution in [0.1, 0.15) is 44.2 Å². The SMILES string of the molecule is CC(C)[C@@]1(O)c2ccc(O)cc2[C@@H](C)C[C@H]1O. The first-order chi connectivity index (χ1) is 7.87. The zero-order valence-electron chi connectivity index (χ0n) is 10.5. The predicted octanol–water partition coefficient (Wildman–Crippen LogP) is 2.10. The summed E-state index contributed by atoms with van der Waals surface area (Å²) in [4.78, 5) is 0. The number of aliphatic hydroxyl groups excluding tert-OH is 1. The average molecular weight is 236 g/mol. The number of hydrogen-bond donors (Lipinski definition) is 3. The van der Waals surface area contributed by atoms with Gasteiger partial charge in [-0.3, -0.25) is 0 Å². The maximum absolute atomic E-state index is 10.7. The van der Waals surface area contributed by atoms with Gasteiger partial charge in [0.25, 0.3) is 0 Å². The molecule has 0 heterocycles. The van der Waals surface area contributed by atoms with Crippen molar-refractivity contribution < 1.29 is 15.3 Å². The zero-order valence-corrected chi connectivity index (χ0v) is 10.5. The van der Waals surface area contributed by atoms with Crippen molar-refractivity contribution in [2.45, 2.75) is 44.8 Å². The largest absolute Gasteiger partial charge is 0.508 e. The van der Waals surface area contributed by atoms with Gasteiger partial charge in [0.2, 0.25) is 0 Å². The standard InChI is InChI=1S/C14H20O3/c1-8(2)14(17)12-5-4-10(15)7-11(12)9(3)6-13(14)16/h4-5,7-9,13,15-17H,6H2,1-3H3/t9-,13+,14+/m0/s1. The molecule has 0 bridgehead atoms. The fourth-order valence-corrected chi connectivity index (χ4v) is 2.84. The normalized spacial score (nSPS) is 32.6. The van der Waals surface area contributed by atoms with Gasteiger partial charge in [-0.15, -0.1) is 0 Å². The minimum Gasteiger partial charge on any atom is -0.508 e. The van der Waals surface area contributed by atoms with E-state index in [1.54, 1.807) is 18.2 Å². The Labute approximate surface area is 102 Å². The van der Waals surface area contributed by atoms with Crippen LogP contribution in [-0.4, -0.2) is 21.4 Å². The topological polar surface area (TPSA) is 60.7 Å². The van der Waals surface area contributed by atoms with Crippen LogP contribution < -0.4 is 0 Å². The number of fused-ring (bicyclic) bond motifs is 1. The third-order valence-corrected chi connectivity index (χ3v) is 3.96. The molecule has 0 radical (unpaired) electrons. The average Bonchev–Trinajstić information content (AvgIpc) is 2.25. The Morgan fingerprint density at radius 3 is 2.59 bits per heavy atom. The molecule has 17 heavy (non-hydrogen) atoms. The fraction of sp³-hybridized carbons (Fsp3) is 0.571. The van der Waals surface area contributed by atoms with Crippen molar-refractivity contribution in [2.24, 2.45) is 5.92 Å². The van der Waals surface area contributed by atoms with E-state index >= 15 is 0 Å². The second-order valence-corrected chi connectivity index (χ2v) is 5.40. The molecule has 0 aliphatic heterocycles. The van der Waals surface area contributed by atoms with Crippen LogP contribution in [0.2, 0.25) is 0 Å². The molecule has 1 aliphatic carbocycles. The molecule has 94 valence electrons. The zero-order chi connectivity index (χ0) is 12.8. The summed E-state index contributed by atoms with van der Waals surface area (Å²) >= 11 is 0. The van der Waals surface area contributed by atoms with Crippen LogP contribution in [0.15, 0.2) is 18.2 Å². The van der Waals surface area contributed by atoms with Crippen molar-refractivity contribution >= 4 is 0 Å². The van der Waals surface area contributed by atoms with Crippen molar-refractivity contribution in [3.63, 3.8) is 0 Å². The van der Waals surface area contributed by atoms with Crippen LogP contribution >= 0.6 is 0 Å². The predicted molar refractivity (Wildman–Crippen MR) is 65.9 cm³/mol. The number of aromatic hydroxyl groups is 1. The van der Waals surface area contributed by atoms with E-state index in [0.717, 1.165) is 11.1 Å². The summed E-state index contributed by atoms with van der Waals surface area (Å²) in [6.07, 6.45) is -0.236. The van der Waals surface area contributed by atoms with Gasteiger partial charge in [-0.1, -0.05) is 26.8 Å². The van der Waals surface area contributed by atoms with Crippen molar-refractivity contribution in [1.29, 1.82) is 0 Å². The van der Waals surface area contributed by atoms with E-state index in [1.807, 2.05) is 20.8 Å².